The lowest BCUT2D eigenvalue weighted by Gasteiger charge is -2.32. The highest BCUT2D eigenvalue weighted by atomic mass is 35.5. The maximum absolute atomic E-state index is 6.49. The van der Waals surface area contributed by atoms with Crippen molar-refractivity contribution in [1.82, 2.24) is 0 Å². The van der Waals surface area contributed by atoms with E-state index >= 15 is 0 Å². The molecule has 102 valence electrons. The Morgan fingerprint density at radius 3 is 2.44 bits per heavy atom. The van der Waals surface area contributed by atoms with Gasteiger partial charge in [-0.05, 0) is 68.6 Å². The fraction of sp³-hybridized carbons (Fsp3) is 1.00. The molecule has 1 aliphatic heterocycles. The van der Waals surface area contributed by atoms with Crippen LogP contribution in [0.5, 0.6) is 0 Å². The third kappa shape index (κ3) is 1.93. The lowest BCUT2D eigenvalue weighted by atomic mass is 9.79. The lowest BCUT2D eigenvalue weighted by molar-refractivity contribution is -0.0520. The maximum Gasteiger partial charge on any atom is 0.0687 e. The van der Waals surface area contributed by atoms with Crippen LogP contribution < -0.4 is 0 Å². The Morgan fingerprint density at radius 2 is 1.78 bits per heavy atom. The summed E-state index contributed by atoms with van der Waals surface area (Å²) in [5.74, 6) is 2.93. The summed E-state index contributed by atoms with van der Waals surface area (Å²) in [7, 11) is 0. The third-order valence-electron chi connectivity index (χ3n) is 6.26. The molecule has 3 atom stereocenters. The van der Waals surface area contributed by atoms with Crippen LogP contribution >= 0.6 is 11.6 Å². The quantitative estimate of drug-likeness (QED) is 0.684. The van der Waals surface area contributed by atoms with E-state index in [0.29, 0.717) is 17.1 Å². The monoisotopic (exact) mass is 268 g/mol. The van der Waals surface area contributed by atoms with Gasteiger partial charge in [-0.1, -0.05) is 12.8 Å². The van der Waals surface area contributed by atoms with E-state index in [-0.39, 0.29) is 0 Å². The molecule has 4 aliphatic rings. The summed E-state index contributed by atoms with van der Waals surface area (Å²) in [5, 5.41) is 0. The number of alkyl halides is 1. The van der Waals surface area contributed by atoms with E-state index in [1.54, 1.807) is 0 Å². The van der Waals surface area contributed by atoms with Gasteiger partial charge in [0.15, 0.2) is 0 Å². The zero-order valence-corrected chi connectivity index (χ0v) is 12.1. The molecule has 1 spiro atoms. The van der Waals surface area contributed by atoms with E-state index in [1.165, 1.54) is 64.2 Å². The molecule has 2 heteroatoms. The maximum atomic E-state index is 6.49. The Hall–Kier alpha value is 0.250. The summed E-state index contributed by atoms with van der Waals surface area (Å²) >= 11 is 6.32. The van der Waals surface area contributed by atoms with Crippen molar-refractivity contribution in [2.75, 3.05) is 5.88 Å². The molecule has 1 heterocycles. The van der Waals surface area contributed by atoms with Gasteiger partial charge >= 0.3 is 0 Å². The van der Waals surface area contributed by atoms with Gasteiger partial charge in [0.05, 0.1) is 11.7 Å². The van der Waals surface area contributed by atoms with Crippen molar-refractivity contribution >= 4 is 11.6 Å². The average molecular weight is 269 g/mol. The Balaban J connectivity index is 1.40. The van der Waals surface area contributed by atoms with Gasteiger partial charge in [-0.15, -0.1) is 11.6 Å². The number of hydrogen-bond acceptors (Lipinski definition) is 1. The van der Waals surface area contributed by atoms with E-state index in [4.69, 9.17) is 16.3 Å². The summed E-state index contributed by atoms with van der Waals surface area (Å²) < 4.78 is 6.49. The molecule has 3 saturated carbocycles. The molecule has 0 aromatic carbocycles. The fourth-order valence-corrected chi connectivity index (χ4v) is 5.57. The summed E-state index contributed by atoms with van der Waals surface area (Å²) in [5.41, 5.74) is 0.754. The zero-order chi connectivity index (χ0) is 12.2. The molecule has 0 amide bonds. The van der Waals surface area contributed by atoms with Crippen molar-refractivity contribution in [1.29, 1.82) is 0 Å². The summed E-state index contributed by atoms with van der Waals surface area (Å²) in [6, 6.07) is 0. The number of halogens is 1. The van der Waals surface area contributed by atoms with Crippen LogP contribution in [-0.2, 0) is 4.74 Å². The molecule has 3 aliphatic carbocycles. The molecule has 3 unspecified atom stereocenters. The van der Waals surface area contributed by atoms with Crippen molar-refractivity contribution in [3.8, 4) is 0 Å². The number of ether oxygens (including phenoxy) is 1. The topological polar surface area (TPSA) is 9.23 Å². The molecule has 4 rings (SSSR count). The van der Waals surface area contributed by atoms with Gasteiger partial charge < -0.3 is 4.74 Å². The minimum Gasteiger partial charge on any atom is -0.372 e. The number of rotatable bonds is 3. The lowest BCUT2D eigenvalue weighted by Crippen LogP contribution is -2.30. The van der Waals surface area contributed by atoms with Gasteiger partial charge in [-0.25, -0.2) is 0 Å². The first-order chi connectivity index (χ1) is 8.73. The van der Waals surface area contributed by atoms with E-state index in [9.17, 15) is 0 Å². The van der Waals surface area contributed by atoms with Crippen molar-refractivity contribution in [2.24, 2.45) is 17.3 Å². The third-order valence-corrected chi connectivity index (χ3v) is 6.82. The molecule has 0 aromatic rings. The van der Waals surface area contributed by atoms with Crippen molar-refractivity contribution in [3.63, 3.8) is 0 Å². The van der Waals surface area contributed by atoms with Crippen molar-refractivity contribution in [2.45, 2.75) is 75.9 Å². The van der Waals surface area contributed by atoms with Gasteiger partial charge in [-0.2, -0.15) is 0 Å². The van der Waals surface area contributed by atoms with Crippen LogP contribution in [0.3, 0.4) is 0 Å². The van der Waals surface area contributed by atoms with Crippen molar-refractivity contribution < 1.29 is 4.74 Å². The molecular formula is C16H25ClO. The normalized spacial score (nSPS) is 48.8. The number of hydrogen-bond donors (Lipinski definition) is 0. The minimum absolute atomic E-state index is 0.305. The fourth-order valence-electron chi connectivity index (χ4n) is 5.25. The second-order valence-electron chi connectivity index (χ2n) is 7.67. The van der Waals surface area contributed by atoms with Crippen LogP contribution in [0.1, 0.15) is 64.2 Å². The molecular weight excluding hydrogens is 244 g/mol. The molecule has 18 heavy (non-hydrogen) atoms. The summed E-state index contributed by atoms with van der Waals surface area (Å²) in [6.07, 6.45) is 14.1. The Labute approximate surface area is 116 Å². The number of fused-ring (bicyclic) bond motifs is 1. The van der Waals surface area contributed by atoms with E-state index < -0.39 is 0 Å². The van der Waals surface area contributed by atoms with Crippen LogP contribution in [0.2, 0.25) is 0 Å². The highest BCUT2D eigenvalue weighted by Gasteiger charge is 2.55. The van der Waals surface area contributed by atoms with Gasteiger partial charge in [0, 0.05) is 5.88 Å². The Kier molecular flexibility index (Phi) is 2.75. The highest BCUT2D eigenvalue weighted by Crippen LogP contribution is 2.62. The first-order valence-corrected chi connectivity index (χ1v) is 8.50. The van der Waals surface area contributed by atoms with E-state index in [1.807, 2.05) is 0 Å². The zero-order valence-electron chi connectivity index (χ0n) is 11.3. The average Bonchev–Trinajstić information content (AvgIpc) is 2.79. The van der Waals surface area contributed by atoms with Crippen molar-refractivity contribution in [3.05, 3.63) is 0 Å². The van der Waals surface area contributed by atoms with Crippen LogP contribution in [0.25, 0.3) is 0 Å². The molecule has 0 N–H and O–H groups in total. The predicted octanol–water partition coefficient (Wildman–Crippen LogP) is 4.52. The predicted molar refractivity (Wildman–Crippen MR) is 73.9 cm³/mol. The molecule has 1 saturated heterocycles. The van der Waals surface area contributed by atoms with E-state index in [0.717, 1.165) is 17.7 Å². The highest BCUT2D eigenvalue weighted by molar-refractivity contribution is 6.18. The van der Waals surface area contributed by atoms with Gasteiger partial charge in [-0.3, -0.25) is 0 Å². The van der Waals surface area contributed by atoms with Gasteiger partial charge in [0.1, 0.15) is 0 Å². The Bertz CT molecular complexity index is 324. The van der Waals surface area contributed by atoms with Crippen LogP contribution in [0.4, 0.5) is 0 Å². The summed E-state index contributed by atoms with van der Waals surface area (Å²) in [4.78, 5) is 0. The SMILES string of the molecule is ClCC1(CC2CCC3(CCCC3)O2)CC2CC2C1. The first kappa shape index (κ1) is 12.0. The summed E-state index contributed by atoms with van der Waals surface area (Å²) in [6.45, 7) is 0. The van der Waals surface area contributed by atoms with E-state index in [2.05, 4.69) is 0 Å². The molecule has 0 aromatic heterocycles. The van der Waals surface area contributed by atoms with Crippen LogP contribution in [-0.4, -0.2) is 17.6 Å². The first-order valence-electron chi connectivity index (χ1n) is 7.96. The standard InChI is InChI=1S/C16H25ClO/c17-11-15(8-12-7-13(12)9-15)10-14-3-6-16(18-14)4-1-2-5-16/h12-14H,1-11H2. The van der Waals surface area contributed by atoms with Crippen LogP contribution in [0.15, 0.2) is 0 Å². The van der Waals surface area contributed by atoms with Gasteiger partial charge in [0.25, 0.3) is 0 Å². The Morgan fingerprint density at radius 1 is 1.06 bits per heavy atom. The minimum atomic E-state index is 0.305. The van der Waals surface area contributed by atoms with Crippen LogP contribution in [0, 0.1) is 17.3 Å². The second-order valence-corrected chi connectivity index (χ2v) is 7.94. The molecule has 0 bridgehead atoms. The molecule has 4 fully saturated rings. The second kappa shape index (κ2) is 4.12. The van der Waals surface area contributed by atoms with Gasteiger partial charge in [0.2, 0.25) is 0 Å². The molecule has 0 radical (unpaired) electrons. The molecule has 1 nitrogen and oxygen atoms in total. The smallest absolute Gasteiger partial charge is 0.0687 e. The largest absolute Gasteiger partial charge is 0.372 e.